The number of unbranched alkanes of at least 4 members (excludes halogenated alkanes) is 2. The zero-order chi connectivity index (χ0) is 12.4. The molecule has 0 saturated carbocycles. The molecule has 0 rings (SSSR count). The molecule has 98 valence electrons. The summed E-state index contributed by atoms with van der Waals surface area (Å²) in [5.74, 6) is 1.06. The first-order valence-corrected chi connectivity index (χ1v) is 7.39. The molecule has 16 heavy (non-hydrogen) atoms. The highest BCUT2D eigenvalue weighted by Gasteiger charge is 2.24. The molecule has 2 atom stereocenters. The van der Waals surface area contributed by atoms with Crippen LogP contribution in [0.3, 0.4) is 0 Å². The van der Waals surface area contributed by atoms with Crippen molar-refractivity contribution < 1.29 is 5.11 Å². The highest BCUT2D eigenvalue weighted by Crippen LogP contribution is 2.27. The lowest BCUT2D eigenvalue weighted by Crippen LogP contribution is -2.28. The fourth-order valence-corrected chi connectivity index (χ4v) is 2.55. The van der Waals surface area contributed by atoms with Crippen molar-refractivity contribution >= 4 is 0 Å². The van der Waals surface area contributed by atoms with Crippen molar-refractivity contribution in [3.05, 3.63) is 0 Å². The zero-order valence-corrected chi connectivity index (χ0v) is 11.8. The molecule has 0 bridgehead atoms. The van der Waals surface area contributed by atoms with Crippen molar-refractivity contribution in [1.29, 1.82) is 0 Å². The van der Waals surface area contributed by atoms with Crippen LogP contribution in [0.1, 0.15) is 79.1 Å². The lowest BCUT2D eigenvalue weighted by molar-refractivity contribution is 0.0369. The van der Waals surface area contributed by atoms with Gasteiger partial charge in [-0.1, -0.05) is 66.2 Å². The third-order valence-corrected chi connectivity index (χ3v) is 3.87. The Morgan fingerprint density at radius 1 is 0.750 bits per heavy atom. The summed E-state index contributed by atoms with van der Waals surface area (Å²) >= 11 is 0. The molecule has 0 aromatic carbocycles. The van der Waals surface area contributed by atoms with E-state index in [0.29, 0.717) is 11.8 Å². The van der Waals surface area contributed by atoms with Crippen molar-refractivity contribution in [3.8, 4) is 0 Å². The fraction of sp³-hybridized carbons (Fsp3) is 1.00. The molecule has 0 radical (unpaired) electrons. The Balaban J connectivity index is 4.14. The predicted molar refractivity (Wildman–Crippen MR) is 72.6 cm³/mol. The van der Waals surface area contributed by atoms with Crippen LogP contribution in [0, 0.1) is 11.8 Å². The molecule has 0 aromatic heterocycles. The monoisotopic (exact) mass is 228 g/mol. The summed E-state index contributed by atoms with van der Waals surface area (Å²) < 4.78 is 0. The molecule has 0 heterocycles. The number of aliphatic hydroxyl groups is 1. The molecule has 2 unspecified atom stereocenters. The quantitative estimate of drug-likeness (QED) is 0.570. The predicted octanol–water partition coefficient (Wildman–Crippen LogP) is 4.78. The number of hydrogen-bond acceptors (Lipinski definition) is 1. The molecule has 1 nitrogen and oxygen atoms in total. The highest BCUT2D eigenvalue weighted by atomic mass is 16.3. The van der Waals surface area contributed by atoms with Gasteiger partial charge in [0.15, 0.2) is 0 Å². The van der Waals surface area contributed by atoms with Crippen LogP contribution >= 0.6 is 0 Å². The van der Waals surface area contributed by atoms with E-state index in [1.807, 2.05) is 0 Å². The van der Waals surface area contributed by atoms with Crippen LogP contribution in [0.4, 0.5) is 0 Å². The molecule has 0 fully saturated rings. The first-order valence-electron chi connectivity index (χ1n) is 7.39. The van der Waals surface area contributed by atoms with Crippen LogP contribution in [0.5, 0.6) is 0 Å². The lowest BCUT2D eigenvalue weighted by Gasteiger charge is -2.28. The van der Waals surface area contributed by atoms with Crippen LogP contribution in [0.2, 0.25) is 0 Å². The Kier molecular flexibility index (Phi) is 10.1. The second kappa shape index (κ2) is 10.1. The van der Waals surface area contributed by atoms with E-state index in [1.165, 1.54) is 38.5 Å². The van der Waals surface area contributed by atoms with Gasteiger partial charge in [-0.15, -0.1) is 0 Å². The van der Waals surface area contributed by atoms with Crippen molar-refractivity contribution in [2.24, 2.45) is 11.8 Å². The number of rotatable bonds is 10. The van der Waals surface area contributed by atoms with E-state index in [2.05, 4.69) is 27.7 Å². The molecule has 0 amide bonds. The van der Waals surface area contributed by atoms with Crippen LogP contribution in [0.25, 0.3) is 0 Å². The van der Waals surface area contributed by atoms with Gasteiger partial charge in [0.05, 0.1) is 6.10 Å². The van der Waals surface area contributed by atoms with Gasteiger partial charge in [0.25, 0.3) is 0 Å². The normalized spacial score (nSPS) is 17.1. The van der Waals surface area contributed by atoms with E-state index < -0.39 is 0 Å². The maximum atomic E-state index is 10.4. The summed E-state index contributed by atoms with van der Waals surface area (Å²) in [7, 11) is 0. The van der Waals surface area contributed by atoms with Crippen LogP contribution in [-0.4, -0.2) is 11.2 Å². The van der Waals surface area contributed by atoms with Gasteiger partial charge < -0.3 is 5.11 Å². The second-order valence-electron chi connectivity index (χ2n) is 5.11. The summed E-state index contributed by atoms with van der Waals surface area (Å²) in [6, 6.07) is 0. The Morgan fingerprint density at radius 2 is 1.12 bits per heavy atom. The number of hydrogen-bond donors (Lipinski definition) is 1. The van der Waals surface area contributed by atoms with Gasteiger partial charge in [0.2, 0.25) is 0 Å². The van der Waals surface area contributed by atoms with E-state index in [-0.39, 0.29) is 6.10 Å². The van der Waals surface area contributed by atoms with E-state index in [4.69, 9.17) is 0 Å². The van der Waals surface area contributed by atoms with Crippen LogP contribution in [0.15, 0.2) is 0 Å². The van der Waals surface area contributed by atoms with Crippen molar-refractivity contribution in [1.82, 2.24) is 0 Å². The Bertz CT molecular complexity index is 128. The topological polar surface area (TPSA) is 20.2 Å². The first-order chi connectivity index (χ1) is 7.71. The summed E-state index contributed by atoms with van der Waals surface area (Å²) in [5.41, 5.74) is 0. The van der Waals surface area contributed by atoms with Gasteiger partial charge in [-0.05, 0) is 24.7 Å². The minimum Gasteiger partial charge on any atom is -0.393 e. The zero-order valence-electron chi connectivity index (χ0n) is 11.8. The summed E-state index contributed by atoms with van der Waals surface area (Å²) in [6.07, 6.45) is 9.62. The SMILES string of the molecule is CCCCC(CC)C(O)C(CC)CCCC. The molecular weight excluding hydrogens is 196 g/mol. The first kappa shape index (κ1) is 16.0. The summed E-state index contributed by atoms with van der Waals surface area (Å²) in [5, 5.41) is 10.4. The Labute approximate surface area is 103 Å². The van der Waals surface area contributed by atoms with Crippen LogP contribution < -0.4 is 0 Å². The molecule has 1 N–H and O–H groups in total. The summed E-state index contributed by atoms with van der Waals surface area (Å²) in [4.78, 5) is 0. The third-order valence-electron chi connectivity index (χ3n) is 3.87. The van der Waals surface area contributed by atoms with Gasteiger partial charge in [-0.2, -0.15) is 0 Å². The smallest absolute Gasteiger partial charge is 0.0596 e. The second-order valence-corrected chi connectivity index (χ2v) is 5.11. The van der Waals surface area contributed by atoms with Gasteiger partial charge in [-0.25, -0.2) is 0 Å². The molecule has 0 saturated heterocycles. The van der Waals surface area contributed by atoms with Gasteiger partial charge in [0, 0.05) is 0 Å². The molecule has 0 aromatic rings. The largest absolute Gasteiger partial charge is 0.393 e. The van der Waals surface area contributed by atoms with Gasteiger partial charge >= 0.3 is 0 Å². The summed E-state index contributed by atoms with van der Waals surface area (Å²) in [6.45, 7) is 8.90. The molecule has 0 aliphatic carbocycles. The average Bonchev–Trinajstić information content (AvgIpc) is 2.31. The maximum absolute atomic E-state index is 10.4. The van der Waals surface area contributed by atoms with Crippen molar-refractivity contribution in [3.63, 3.8) is 0 Å². The molecular formula is C15H32O. The Morgan fingerprint density at radius 3 is 1.38 bits per heavy atom. The molecule has 1 heteroatoms. The Hall–Kier alpha value is -0.0400. The maximum Gasteiger partial charge on any atom is 0.0596 e. The minimum atomic E-state index is -0.0619. The molecule has 0 aliphatic rings. The molecule has 0 aliphatic heterocycles. The van der Waals surface area contributed by atoms with Crippen molar-refractivity contribution in [2.75, 3.05) is 0 Å². The van der Waals surface area contributed by atoms with E-state index in [1.54, 1.807) is 0 Å². The third kappa shape index (κ3) is 5.89. The lowest BCUT2D eigenvalue weighted by atomic mass is 9.82. The van der Waals surface area contributed by atoms with E-state index in [9.17, 15) is 5.11 Å². The minimum absolute atomic E-state index is 0.0619. The van der Waals surface area contributed by atoms with E-state index in [0.717, 1.165) is 12.8 Å². The average molecular weight is 228 g/mol. The van der Waals surface area contributed by atoms with Gasteiger partial charge in [0.1, 0.15) is 0 Å². The molecule has 0 spiro atoms. The van der Waals surface area contributed by atoms with E-state index >= 15 is 0 Å². The van der Waals surface area contributed by atoms with Crippen molar-refractivity contribution in [2.45, 2.75) is 85.2 Å². The van der Waals surface area contributed by atoms with Gasteiger partial charge in [-0.3, -0.25) is 0 Å². The standard InChI is InChI=1S/C15H32O/c1-5-9-11-13(7-3)15(16)14(8-4)12-10-6-2/h13-16H,5-12H2,1-4H3. The fourth-order valence-electron chi connectivity index (χ4n) is 2.55. The highest BCUT2D eigenvalue weighted by molar-refractivity contribution is 4.75. The van der Waals surface area contributed by atoms with Crippen LogP contribution in [-0.2, 0) is 0 Å². The number of aliphatic hydroxyl groups excluding tert-OH is 1.